The van der Waals surface area contributed by atoms with E-state index in [-0.39, 0.29) is 17.6 Å². The number of nitrogens with zero attached hydrogens (tertiary/aromatic N) is 1. The third-order valence-corrected chi connectivity index (χ3v) is 4.23. The summed E-state index contributed by atoms with van der Waals surface area (Å²) < 4.78 is 5.56. The van der Waals surface area contributed by atoms with Crippen LogP contribution < -0.4 is 0 Å². The van der Waals surface area contributed by atoms with E-state index in [1.165, 1.54) is 0 Å². The van der Waals surface area contributed by atoms with Gasteiger partial charge < -0.3 is 14.7 Å². The number of carbonyl (C=O) groups excluding carboxylic acids is 1. The van der Waals surface area contributed by atoms with Crippen molar-refractivity contribution in [2.75, 3.05) is 13.2 Å². The molecule has 1 aromatic carbocycles. The number of benzene rings is 1. The minimum Gasteiger partial charge on any atom is -0.478 e. The van der Waals surface area contributed by atoms with Gasteiger partial charge in [0, 0.05) is 19.7 Å². The fourth-order valence-electron chi connectivity index (χ4n) is 3.02. The second-order valence-electron chi connectivity index (χ2n) is 5.65. The van der Waals surface area contributed by atoms with Crippen LogP contribution in [-0.2, 0) is 22.5 Å². The third-order valence-electron chi connectivity index (χ3n) is 4.23. The van der Waals surface area contributed by atoms with Crippen molar-refractivity contribution in [2.24, 2.45) is 0 Å². The first-order valence-electron chi connectivity index (χ1n) is 7.40. The monoisotopic (exact) mass is 289 g/mol. The molecule has 3 rings (SSSR count). The first kappa shape index (κ1) is 14.1. The van der Waals surface area contributed by atoms with Gasteiger partial charge in [-0.2, -0.15) is 0 Å². The summed E-state index contributed by atoms with van der Waals surface area (Å²) >= 11 is 0. The Kier molecular flexibility index (Phi) is 3.92. The van der Waals surface area contributed by atoms with E-state index in [1.54, 1.807) is 17.0 Å². The first-order chi connectivity index (χ1) is 10.1. The summed E-state index contributed by atoms with van der Waals surface area (Å²) in [4.78, 5) is 25.3. The van der Waals surface area contributed by atoms with Crippen LogP contribution in [0.5, 0.6) is 0 Å². The summed E-state index contributed by atoms with van der Waals surface area (Å²) in [6.07, 6.45) is 3.30. The molecule has 1 amide bonds. The molecule has 2 aliphatic heterocycles. The number of ether oxygens (including phenoxy) is 1. The smallest absolute Gasteiger partial charge is 0.335 e. The third kappa shape index (κ3) is 2.93. The number of carboxylic acids is 1. The van der Waals surface area contributed by atoms with Crippen LogP contribution in [0.15, 0.2) is 18.2 Å². The number of rotatable bonds is 2. The topological polar surface area (TPSA) is 66.8 Å². The number of aromatic carboxylic acids is 1. The van der Waals surface area contributed by atoms with Crippen molar-refractivity contribution in [3.8, 4) is 0 Å². The fraction of sp³-hybridized carbons (Fsp3) is 0.500. The van der Waals surface area contributed by atoms with Crippen LogP contribution in [-0.4, -0.2) is 41.1 Å². The standard InChI is InChI=1S/C16H19NO4/c18-15(14-3-1-2-8-21-14)17-7-6-11-4-5-12(16(19)20)9-13(11)10-17/h4-5,9,14H,1-3,6-8,10H2,(H,19,20). The molecule has 1 aromatic rings. The molecule has 0 aromatic heterocycles. The molecule has 0 aliphatic carbocycles. The quantitative estimate of drug-likeness (QED) is 0.902. The molecule has 112 valence electrons. The Labute approximate surface area is 123 Å². The first-order valence-corrected chi connectivity index (χ1v) is 7.40. The van der Waals surface area contributed by atoms with E-state index in [9.17, 15) is 9.59 Å². The average molecular weight is 289 g/mol. The van der Waals surface area contributed by atoms with Crippen LogP contribution in [0.1, 0.15) is 40.7 Å². The Balaban J connectivity index is 1.75. The number of carboxylic acid groups (broad SMARTS) is 1. The summed E-state index contributed by atoms with van der Waals surface area (Å²) in [6.45, 7) is 1.82. The van der Waals surface area contributed by atoms with Crippen LogP contribution in [0.2, 0.25) is 0 Å². The minimum absolute atomic E-state index is 0.0427. The zero-order valence-electron chi connectivity index (χ0n) is 11.9. The van der Waals surface area contributed by atoms with Crippen LogP contribution >= 0.6 is 0 Å². The van der Waals surface area contributed by atoms with Crippen LogP contribution in [0, 0.1) is 0 Å². The molecule has 21 heavy (non-hydrogen) atoms. The molecule has 1 atom stereocenters. The molecule has 0 radical (unpaired) electrons. The molecule has 5 heteroatoms. The largest absolute Gasteiger partial charge is 0.478 e. The normalized spacial score (nSPS) is 21.7. The Morgan fingerprint density at radius 1 is 1.24 bits per heavy atom. The van der Waals surface area contributed by atoms with E-state index in [2.05, 4.69) is 0 Å². The van der Waals surface area contributed by atoms with E-state index in [1.807, 2.05) is 6.07 Å². The van der Waals surface area contributed by atoms with E-state index in [0.29, 0.717) is 19.7 Å². The zero-order chi connectivity index (χ0) is 14.8. The number of amides is 1. The Morgan fingerprint density at radius 2 is 2.10 bits per heavy atom. The van der Waals surface area contributed by atoms with Gasteiger partial charge in [0.15, 0.2) is 0 Å². The lowest BCUT2D eigenvalue weighted by Crippen LogP contribution is -2.44. The van der Waals surface area contributed by atoms with E-state index < -0.39 is 5.97 Å². The number of hydrogen-bond acceptors (Lipinski definition) is 3. The van der Waals surface area contributed by atoms with Gasteiger partial charge in [0.05, 0.1) is 5.56 Å². The molecule has 1 fully saturated rings. The highest BCUT2D eigenvalue weighted by atomic mass is 16.5. The van der Waals surface area contributed by atoms with Crippen molar-refractivity contribution in [3.05, 3.63) is 34.9 Å². The number of fused-ring (bicyclic) bond motifs is 1. The number of hydrogen-bond donors (Lipinski definition) is 1. The maximum Gasteiger partial charge on any atom is 0.335 e. The lowest BCUT2D eigenvalue weighted by molar-refractivity contribution is -0.147. The summed E-state index contributed by atoms with van der Waals surface area (Å²) in [7, 11) is 0. The van der Waals surface area contributed by atoms with Crippen LogP contribution in [0.3, 0.4) is 0 Å². The molecule has 2 heterocycles. The van der Waals surface area contributed by atoms with E-state index in [4.69, 9.17) is 9.84 Å². The van der Waals surface area contributed by atoms with Crippen LogP contribution in [0.25, 0.3) is 0 Å². The maximum atomic E-state index is 12.5. The summed E-state index contributed by atoms with van der Waals surface area (Å²) in [6, 6.07) is 5.17. The van der Waals surface area contributed by atoms with E-state index >= 15 is 0 Å². The summed E-state index contributed by atoms with van der Waals surface area (Å²) in [5.41, 5.74) is 2.34. The van der Waals surface area contributed by atoms with Gasteiger partial charge >= 0.3 is 5.97 Å². The molecule has 0 bridgehead atoms. The molecule has 1 N–H and O–H groups in total. The van der Waals surface area contributed by atoms with Crippen molar-refractivity contribution in [2.45, 2.75) is 38.3 Å². The highest BCUT2D eigenvalue weighted by molar-refractivity contribution is 5.88. The summed E-state index contributed by atoms with van der Waals surface area (Å²) in [5.74, 6) is -0.891. The lowest BCUT2D eigenvalue weighted by Gasteiger charge is -2.33. The van der Waals surface area contributed by atoms with Gasteiger partial charge in [0.2, 0.25) is 0 Å². The highest BCUT2D eigenvalue weighted by Gasteiger charge is 2.29. The second kappa shape index (κ2) is 5.85. The second-order valence-corrected chi connectivity index (χ2v) is 5.65. The van der Waals surface area contributed by atoms with Crippen molar-refractivity contribution in [1.29, 1.82) is 0 Å². The maximum absolute atomic E-state index is 12.5. The minimum atomic E-state index is -0.933. The summed E-state index contributed by atoms with van der Waals surface area (Å²) in [5, 5.41) is 9.06. The van der Waals surface area contributed by atoms with Gasteiger partial charge in [0.25, 0.3) is 5.91 Å². The van der Waals surface area contributed by atoms with Gasteiger partial charge in [-0.05, 0) is 48.9 Å². The molecular formula is C16H19NO4. The van der Waals surface area contributed by atoms with Crippen molar-refractivity contribution >= 4 is 11.9 Å². The molecule has 1 saturated heterocycles. The van der Waals surface area contributed by atoms with Crippen molar-refractivity contribution < 1.29 is 19.4 Å². The molecule has 0 saturated carbocycles. The van der Waals surface area contributed by atoms with Gasteiger partial charge in [-0.3, -0.25) is 4.79 Å². The van der Waals surface area contributed by atoms with Gasteiger partial charge in [0.1, 0.15) is 6.10 Å². The predicted molar refractivity (Wildman–Crippen MR) is 76.1 cm³/mol. The number of carbonyl (C=O) groups is 2. The van der Waals surface area contributed by atoms with Crippen LogP contribution in [0.4, 0.5) is 0 Å². The molecular weight excluding hydrogens is 270 g/mol. The van der Waals surface area contributed by atoms with Gasteiger partial charge in [-0.15, -0.1) is 0 Å². The average Bonchev–Trinajstić information content (AvgIpc) is 2.54. The highest BCUT2D eigenvalue weighted by Crippen LogP contribution is 2.23. The van der Waals surface area contributed by atoms with Gasteiger partial charge in [-0.25, -0.2) is 4.79 Å². The van der Waals surface area contributed by atoms with Gasteiger partial charge in [-0.1, -0.05) is 6.07 Å². The van der Waals surface area contributed by atoms with Crippen molar-refractivity contribution in [3.63, 3.8) is 0 Å². The molecule has 5 nitrogen and oxygen atoms in total. The van der Waals surface area contributed by atoms with Crippen molar-refractivity contribution in [1.82, 2.24) is 4.90 Å². The Morgan fingerprint density at radius 3 is 2.81 bits per heavy atom. The lowest BCUT2D eigenvalue weighted by atomic mass is 9.96. The SMILES string of the molecule is O=C(O)c1ccc2c(c1)CN(C(=O)C1CCCCO1)CC2. The molecule has 2 aliphatic rings. The molecule has 1 unspecified atom stereocenters. The van der Waals surface area contributed by atoms with E-state index in [0.717, 1.165) is 36.8 Å². The zero-order valence-corrected chi connectivity index (χ0v) is 11.9. The Hall–Kier alpha value is -1.88. The predicted octanol–water partition coefficient (Wildman–Crippen LogP) is 1.84. The fourth-order valence-corrected chi connectivity index (χ4v) is 3.02. The Bertz CT molecular complexity index is 563. The molecule has 0 spiro atoms.